The maximum Gasteiger partial charge on any atom is 0.319 e. The zero-order valence-electron chi connectivity index (χ0n) is 18.4. The average molecular weight is 425 g/mol. The van der Waals surface area contributed by atoms with Crippen LogP contribution in [0.4, 0.5) is 10.5 Å². The summed E-state index contributed by atoms with van der Waals surface area (Å²) in [7, 11) is 0. The molecule has 0 spiro atoms. The number of nitrogens with two attached hydrogens (primary N) is 1. The number of carbonyl (C=O) groups excluding carboxylic acids is 1. The smallest absolute Gasteiger partial charge is 0.319 e. The molecule has 3 rings (SSSR count). The number of anilines is 1. The number of aromatic nitrogens is 1. The third kappa shape index (κ3) is 6.19. The molecule has 4 N–H and O–H groups in total. The lowest BCUT2D eigenvalue weighted by Crippen LogP contribution is -2.31. The van der Waals surface area contributed by atoms with Crippen LogP contribution in [0.2, 0.25) is 0 Å². The molecule has 3 aromatic rings. The molecule has 5 heteroatoms. The summed E-state index contributed by atoms with van der Waals surface area (Å²) in [4.78, 5) is 16.6. The fourth-order valence-corrected chi connectivity index (χ4v) is 3.29. The molecule has 2 aromatic carbocycles. The molecular formula is C27H28N4O. The summed E-state index contributed by atoms with van der Waals surface area (Å²) in [5.74, 6) is 0. The van der Waals surface area contributed by atoms with Crippen LogP contribution in [0.25, 0.3) is 16.7 Å². The summed E-state index contributed by atoms with van der Waals surface area (Å²) < 4.78 is 0. The minimum Gasteiger partial charge on any atom is -0.402 e. The minimum atomic E-state index is -0.263. The molecule has 0 aliphatic rings. The molecule has 0 radical (unpaired) electrons. The lowest BCUT2D eigenvalue weighted by atomic mass is 10.0. The van der Waals surface area contributed by atoms with Crippen LogP contribution in [0.1, 0.15) is 31.0 Å². The predicted octanol–water partition coefficient (Wildman–Crippen LogP) is 6.06. The zero-order chi connectivity index (χ0) is 22.9. The topological polar surface area (TPSA) is 80.0 Å². The molecule has 0 saturated carbocycles. The Morgan fingerprint density at radius 3 is 2.38 bits per heavy atom. The Kier molecular flexibility index (Phi) is 7.60. The van der Waals surface area contributed by atoms with Crippen LogP contribution < -0.4 is 16.4 Å². The number of amides is 2. The number of rotatable bonds is 7. The molecule has 1 aromatic heterocycles. The van der Waals surface area contributed by atoms with Gasteiger partial charge in [0.1, 0.15) is 0 Å². The molecule has 0 aliphatic carbocycles. The fourth-order valence-electron chi connectivity index (χ4n) is 3.29. The van der Waals surface area contributed by atoms with Gasteiger partial charge in [-0.1, -0.05) is 61.2 Å². The van der Waals surface area contributed by atoms with Crippen molar-refractivity contribution in [2.24, 2.45) is 5.73 Å². The highest BCUT2D eigenvalue weighted by atomic mass is 16.2. The van der Waals surface area contributed by atoms with E-state index >= 15 is 0 Å². The van der Waals surface area contributed by atoms with Gasteiger partial charge in [0.15, 0.2) is 0 Å². The van der Waals surface area contributed by atoms with E-state index in [1.165, 1.54) is 0 Å². The zero-order valence-corrected chi connectivity index (χ0v) is 18.4. The third-order valence-electron chi connectivity index (χ3n) is 4.91. The van der Waals surface area contributed by atoms with E-state index < -0.39 is 0 Å². The Labute approximate surface area is 189 Å². The molecule has 32 heavy (non-hydrogen) atoms. The van der Waals surface area contributed by atoms with Crippen molar-refractivity contribution in [3.63, 3.8) is 0 Å². The highest BCUT2D eigenvalue weighted by Crippen LogP contribution is 2.22. The van der Waals surface area contributed by atoms with E-state index in [9.17, 15) is 4.79 Å². The molecule has 2 amide bonds. The van der Waals surface area contributed by atoms with Gasteiger partial charge < -0.3 is 16.4 Å². The van der Waals surface area contributed by atoms with Gasteiger partial charge in [0.25, 0.3) is 0 Å². The number of carbonyl (C=O) groups is 1. The Balaban J connectivity index is 1.61. The SMILES string of the molecule is C=C/C=C(\C=C(\C)N)c1ccc(NC(=O)NC(C)c2ccc(-c3cccnc3)cc2)cc1. The quantitative estimate of drug-likeness (QED) is 0.403. The molecular weight excluding hydrogens is 396 g/mol. The molecule has 0 saturated heterocycles. The highest BCUT2D eigenvalue weighted by Gasteiger charge is 2.10. The summed E-state index contributed by atoms with van der Waals surface area (Å²) >= 11 is 0. The third-order valence-corrected chi connectivity index (χ3v) is 4.91. The van der Waals surface area contributed by atoms with E-state index in [1.807, 2.05) is 92.9 Å². The number of benzene rings is 2. The van der Waals surface area contributed by atoms with Crippen LogP contribution in [-0.2, 0) is 0 Å². The number of hydrogen-bond donors (Lipinski definition) is 3. The minimum absolute atomic E-state index is 0.142. The van der Waals surface area contributed by atoms with Crippen molar-refractivity contribution in [1.29, 1.82) is 0 Å². The second-order valence-corrected chi connectivity index (χ2v) is 7.51. The second-order valence-electron chi connectivity index (χ2n) is 7.51. The molecule has 1 unspecified atom stereocenters. The Bertz CT molecular complexity index is 1110. The van der Waals surface area contributed by atoms with Gasteiger partial charge in [-0.25, -0.2) is 4.79 Å². The number of urea groups is 1. The number of nitrogens with one attached hydrogen (secondary N) is 2. The maximum atomic E-state index is 12.5. The number of pyridine rings is 1. The fraction of sp³-hybridized carbons (Fsp3) is 0.111. The van der Waals surface area contributed by atoms with Crippen LogP contribution in [0.5, 0.6) is 0 Å². The molecule has 0 fully saturated rings. The summed E-state index contributed by atoms with van der Waals surface area (Å²) in [6.07, 6.45) is 9.09. The van der Waals surface area contributed by atoms with Crippen molar-refractivity contribution in [3.8, 4) is 11.1 Å². The number of allylic oxidation sites excluding steroid dienone is 5. The lowest BCUT2D eigenvalue weighted by Gasteiger charge is -2.16. The van der Waals surface area contributed by atoms with Gasteiger partial charge in [-0.15, -0.1) is 0 Å². The molecule has 1 atom stereocenters. The number of nitrogens with zero attached hydrogens (tertiary/aromatic N) is 1. The first-order valence-corrected chi connectivity index (χ1v) is 10.4. The number of hydrogen-bond acceptors (Lipinski definition) is 3. The van der Waals surface area contributed by atoms with Crippen LogP contribution >= 0.6 is 0 Å². The first kappa shape index (κ1) is 22.6. The first-order valence-electron chi connectivity index (χ1n) is 10.4. The van der Waals surface area contributed by atoms with Gasteiger partial charge in [-0.3, -0.25) is 4.98 Å². The second kappa shape index (κ2) is 10.8. The first-order chi connectivity index (χ1) is 15.5. The lowest BCUT2D eigenvalue weighted by molar-refractivity contribution is 0.249. The van der Waals surface area contributed by atoms with Gasteiger partial charge in [-0.2, -0.15) is 0 Å². The predicted molar refractivity (Wildman–Crippen MR) is 133 cm³/mol. The van der Waals surface area contributed by atoms with E-state index in [2.05, 4.69) is 22.2 Å². The standard InChI is InChI=1S/C27H28N4O/c1-4-6-24(17-19(2)28)22-12-14-26(15-13-22)31-27(32)30-20(3)21-8-10-23(11-9-21)25-7-5-16-29-18-25/h4-18,20H,1,28H2,2-3H3,(H2,30,31,32)/b19-17-,24-6+. The van der Waals surface area contributed by atoms with Gasteiger partial charge in [0.2, 0.25) is 0 Å². The maximum absolute atomic E-state index is 12.5. The summed E-state index contributed by atoms with van der Waals surface area (Å²) in [6.45, 7) is 7.54. The normalized spacial score (nSPS) is 12.7. The molecule has 0 aliphatic heterocycles. The van der Waals surface area contributed by atoms with Crippen molar-refractivity contribution in [1.82, 2.24) is 10.3 Å². The van der Waals surface area contributed by atoms with Crippen LogP contribution in [0.3, 0.4) is 0 Å². The Morgan fingerprint density at radius 2 is 1.78 bits per heavy atom. The summed E-state index contributed by atoms with van der Waals surface area (Å²) in [5, 5.41) is 5.86. The van der Waals surface area contributed by atoms with Gasteiger partial charge in [0.05, 0.1) is 6.04 Å². The van der Waals surface area contributed by atoms with Gasteiger partial charge in [0, 0.05) is 23.8 Å². The van der Waals surface area contributed by atoms with Crippen molar-refractivity contribution in [2.75, 3.05) is 5.32 Å². The van der Waals surface area contributed by atoms with Crippen molar-refractivity contribution < 1.29 is 4.79 Å². The molecule has 0 bridgehead atoms. The van der Waals surface area contributed by atoms with E-state index in [0.29, 0.717) is 11.4 Å². The monoisotopic (exact) mass is 424 g/mol. The molecule has 162 valence electrons. The molecule has 5 nitrogen and oxygen atoms in total. The van der Waals surface area contributed by atoms with E-state index in [1.54, 1.807) is 12.3 Å². The van der Waals surface area contributed by atoms with E-state index in [-0.39, 0.29) is 12.1 Å². The van der Waals surface area contributed by atoms with E-state index in [0.717, 1.165) is 27.8 Å². The summed E-state index contributed by atoms with van der Waals surface area (Å²) in [5.41, 5.74) is 12.3. The largest absolute Gasteiger partial charge is 0.402 e. The van der Waals surface area contributed by atoms with E-state index in [4.69, 9.17) is 5.73 Å². The average Bonchev–Trinajstić information content (AvgIpc) is 2.79. The van der Waals surface area contributed by atoms with Crippen molar-refractivity contribution in [3.05, 3.63) is 115 Å². The van der Waals surface area contributed by atoms with Gasteiger partial charge in [-0.05, 0) is 65.9 Å². The van der Waals surface area contributed by atoms with Crippen LogP contribution in [0.15, 0.2) is 104 Å². The summed E-state index contributed by atoms with van der Waals surface area (Å²) in [6, 6.07) is 19.2. The van der Waals surface area contributed by atoms with Crippen LogP contribution in [0, 0.1) is 0 Å². The van der Waals surface area contributed by atoms with Gasteiger partial charge >= 0.3 is 6.03 Å². The Morgan fingerprint density at radius 1 is 1.06 bits per heavy atom. The van der Waals surface area contributed by atoms with Crippen molar-refractivity contribution >= 4 is 17.3 Å². The van der Waals surface area contributed by atoms with Crippen LogP contribution in [-0.4, -0.2) is 11.0 Å². The van der Waals surface area contributed by atoms with Crippen molar-refractivity contribution in [2.45, 2.75) is 19.9 Å². The Hall–Kier alpha value is -4.12. The highest BCUT2D eigenvalue weighted by molar-refractivity contribution is 5.90. The molecule has 1 heterocycles.